The van der Waals surface area contributed by atoms with Gasteiger partial charge in [-0.25, -0.2) is 23.8 Å². The third kappa shape index (κ3) is 4.95. The van der Waals surface area contributed by atoms with Crippen LogP contribution in [-0.2, 0) is 5.41 Å². The van der Waals surface area contributed by atoms with E-state index in [-0.39, 0.29) is 40.4 Å². The lowest BCUT2D eigenvalue weighted by atomic mass is 9.92. The molecule has 5 rings (SSSR count). The molecule has 0 bridgehead atoms. The second-order valence-corrected chi connectivity index (χ2v) is 12.3. The predicted molar refractivity (Wildman–Crippen MR) is 139 cm³/mol. The van der Waals surface area contributed by atoms with E-state index in [9.17, 15) is 13.9 Å². The second-order valence-electron chi connectivity index (χ2n) is 9.97. The van der Waals surface area contributed by atoms with Gasteiger partial charge in [-0.3, -0.25) is 14.4 Å². The molecule has 3 aromatic heterocycles. The third-order valence-electron chi connectivity index (χ3n) is 6.11. The summed E-state index contributed by atoms with van der Waals surface area (Å²) in [5, 5.41) is 13.9. The fraction of sp³-hybridized carbons (Fsp3) is 0.348. The van der Waals surface area contributed by atoms with E-state index in [1.165, 1.54) is 18.5 Å². The van der Waals surface area contributed by atoms with E-state index in [4.69, 9.17) is 10.3 Å². The smallest absolute Gasteiger partial charge is 0.326 e. The summed E-state index contributed by atoms with van der Waals surface area (Å²) in [6.07, 6.45) is 1.81. The predicted octanol–water partition coefficient (Wildman–Crippen LogP) is 4.84. The number of amides is 2. The number of anilines is 3. The van der Waals surface area contributed by atoms with Gasteiger partial charge in [0.15, 0.2) is 5.65 Å². The maximum Gasteiger partial charge on any atom is 0.326 e. The molecular weight excluding hydrogens is 503 g/mol. The van der Waals surface area contributed by atoms with Crippen LogP contribution in [0, 0.1) is 5.82 Å². The Morgan fingerprint density at radius 2 is 2.03 bits per heavy atom. The summed E-state index contributed by atoms with van der Waals surface area (Å²) in [7, 11) is -2.68. The summed E-state index contributed by atoms with van der Waals surface area (Å²) >= 11 is 0. The number of benzene rings is 1. The Bertz CT molecular complexity index is 1500. The minimum atomic E-state index is -2.68. The van der Waals surface area contributed by atoms with Gasteiger partial charge in [-0.15, -0.1) is 0 Å². The van der Waals surface area contributed by atoms with Crippen LogP contribution in [-0.4, -0.2) is 51.5 Å². The van der Waals surface area contributed by atoms with Crippen LogP contribution in [0.5, 0.6) is 0 Å². The average molecular weight is 531 g/mol. The Kier molecular flexibility index (Phi) is 6.04. The zero-order valence-electron chi connectivity index (χ0n) is 20.4. The maximum atomic E-state index is 15.1. The molecule has 1 atom stereocenters. The molecule has 4 aromatic rings. The molecule has 0 radical (unpaired) electrons. The van der Waals surface area contributed by atoms with E-state index in [0.29, 0.717) is 34.4 Å². The molecular formula is C23H27FN8O4S. The van der Waals surface area contributed by atoms with Gasteiger partial charge in [0, 0.05) is 22.8 Å². The Balaban J connectivity index is 1.40. The monoisotopic (exact) mass is 530 g/mol. The largest absolute Gasteiger partial charge is 0.383 e. The van der Waals surface area contributed by atoms with Crippen LogP contribution in [0.4, 0.5) is 26.6 Å². The lowest BCUT2D eigenvalue weighted by Crippen LogP contribution is -2.20. The number of urea groups is 1. The number of carbonyl (C=O) groups excluding carboxylic acids is 1. The number of nitrogens with one attached hydrogen (secondary N) is 2. The highest BCUT2D eigenvalue weighted by atomic mass is 32.3. The van der Waals surface area contributed by atoms with Crippen LogP contribution < -0.4 is 16.4 Å². The first kappa shape index (κ1) is 24.9. The normalized spacial score (nSPS) is 18.2. The van der Waals surface area contributed by atoms with Crippen LogP contribution in [0.1, 0.15) is 38.9 Å². The van der Waals surface area contributed by atoms with Crippen molar-refractivity contribution in [1.29, 1.82) is 0 Å². The molecule has 2 amide bonds. The van der Waals surface area contributed by atoms with E-state index in [2.05, 4.69) is 30.9 Å². The number of aromatic nitrogens is 5. The van der Waals surface area contributed by atoms with Crippen molar-refractivity contribution in [2.45, 2.75) is 38.6 Å². The third-order valence-corrected chi connectivity index (χ3v) is 7.92. The number of nitrogens with two attached hydrogens (primary N) is 1. The van der Waals surface area contributed by atoms with Crippen molar-refractivity contribution < 1.29 is 22.8 Å². The van der Waals surface area contributed by atoms with Gasteiger partial charge in [0.1, 0.15) is 23.7 Å². The van der Waals surface area contributed by atoms with Crippen LogP contribution >= 0.6 is 10.6 Å². The maximum absolute atomic E-state index is 15.1. The van der Waals surface area contributed by atoms with Gasteiger partial charge >= 0.3 is 6.03 Å². The summed E-state index contributed by atoms with van der Waals surface area (Å²) in [5.41, 5.74) is 7.63. The number of halogens is 1. The molecule has 0 aliphatic carbocycles. The van der Waals surface area contributed by atoms with Gasteiger partial charge in [-0.2, -0.15) is 15.7 Å². The number of nitrogens with zero attached hydrogens (tertiary/aromatic N) is 5. The molecule has 1 fully saturated rings. The van der Waals surface area contributed by atoms with Crippen molar-refractivity contribution in [3.8, 4) is 11.3 Å². The zero-order valence-corrected chi connectivity index (χ0v) is 21.2. The number of hydrogen-bond acceptors (Lipinski definition) is 9. The number of fused-ring (bicyclic) bond motifs is 1. The van der Waals surface area contributed by atoms with E-state index >= 15 is 4.39 Å². The lowest BCUT2D eigenvalue weighted by Gasteiger charge is -2.25. The Hall–Kier alpha value is -3.75. The minimum absolute atomic E-state index is 0.0606. The topological polar surface area (TPSA) is 177 Å². The molecule has 196 valence electrons. The highest BCUT2D eigenvalue weighted by Crippen LogP contribution is 2.50. The van der Waals surface area contributed by atoms with Crippen molar-refractivity contribution in [1.82, 2.24) is 24.9 Å². The molecule has 14 heteroatoms. The number of rotatable bonds is 4. The summed E-state index contributed by atoms with van der Waals surface area (Å²) < 4.78 is 42.0. The molecule has 4 heterocycles. The first-order chi connectivity index (χ1) is 17.4. The first-order valence-electron chi connectivity index (χ1n) is 11.5. The van der Waals surface area contributed by atoms with Crippen LogP contribution in [0.15, 0.2) is 35.1 Å². The van der Waals surface area contributed by atoms with E-state index in [0.717, 1.165) is 0 Å². The SMILES string of the molecule is CC(C)(C)c1cc(NC(=O)Nc2ccc(-c3nn(C4CCS(O)(O)C4)c4ncnc(N)c34)cc2F)on1. The summed E-state index contributed by atoms with van der Waals surface area (Å²) in [5.74, 6) is 0.0307. The minimum Gasteiger partial charge on any atom is -0.383 e. The molecule has 1 aromatic carbocycles. The van der Waals surface area contributed by atoms with Gasteiger partial charge in [-0.1, -0.05) is 32.0 Å². The van der Waals surface area contributed by atoms with Crippen molar-refractivity contribution in [3.05, 3.63) is 42.1 Å². The lowest BCUT2D eigenvalue weighted by molar-refractivity contribution is 0.261. The molecule has 0 spiro atoms. The van der Waals surface area contributed by atoms with Crippen molar-refractivity contribution >= 4 is 45.0 Å². The quantitative estimate of drug-likeness (QED) is 0.247. The fourth-order valence-corrected chi connectivity index (χ4v) is 5.90. The first-order valence-corrected chi connectivity index (χ1v) is 13.4. The van der Waals surface area contributed by atoms with E-state index < -0.39 is 22.4 Å². The van der Waals surface area contributed by atoms with E-state index in [1.807, 2.05) is 20.8 Å². The summed E-state index contributed by atoms with van der Waals surface area (Å²) in [6, 6.07) is 4.84. The van der Waals surface area contributed by atoms with E-state index in [1.54, 1.807) is 16.8 Å². The van der Waals surface area contributed by atoms with Crippen molar-refractivity contribution in [3.63, 3.8) is 0 Å². The van der Waals surface area contributed by atoms with Gasteiger partial charge < -0.3 is 15.6 Å². The highest BCUT2D eigenvalue weighted by Gasteiger charge is 2.32. The van der Waals surface area contributed by atoms with Gasteiger partial charge in [0.2, 0.25) is 5.88 Å². The van der Waals surface area contributed by atoms with Gasteiger partial charge in [0.05, 0.1) is 28.6 Å². The van der Waals surface area contributed by atoms with Gasteiger partial charge in [0.25, 0.3) is 0 Å². The number of carbonyl (C=O) groups is 1. The zero-order chi connectivity index (χ0) is 26.5. The van der Waals surface area contributed by atoms with Crippen molar-refractivity contribution in [2.75, 3.05) is 27.9 Å². The Morgan fingerprint density at radius 1 is 1.24 bits per heavy atom. The molecule has 12 nitrogen and oxygen atoms in total. The van der Waals surface area contributed by atoms with Gasteiger partial charge in [-0.05, 0) is 18.6 Å². The molecule has 1 aliphatic rings. The summed E-state index contributed by atoms with van der Waals surface area (Å²) in [4.78, 5) is 20.7. The van der Waals surface area contributed by atoms with Crippen LogP contribution in [0.2, 0.25) is 0 Å². The van der Waals surface area contributed by atoms with Crippen LogP contribution in [0.25, 0.3) is 22.3 Å². The highest BCUT2D eigenvalue weighted by molar-refractivity contribution is 8.24. The number of nitrogen functional groups attached to an aromatic ring is 1. The standard InChI is InChI=1S/C23H27FN8O4S/c1-23(2,3)16-9-17(36-31-16)29-22(33)28-15-5-4-12(8-14(15)24)19-18-20(25)26-11-27-21(18)32(30-19)13-6-7-37(34,35)10-13/h4-5,8-9,11,13,34-35H,6-7,10H2,1-3H3,(H2,25,26,27)(H2,28,29,33). The summed E-state index contributed by atoms with van der Waals surface area (Å²) in [6.45, 7) is 5.87. The molecule has 1 unspecified atom stereocenters. The number of hydrogen-bond donors (Lipinski definition) is 5. The molecule has 0 saturated carbocycles. The molecule has 37 heavy (non-hydrogen) atoms. The van der Waals surface area contributed by atoms with Crippen molar-refractivity contribution in [2.24, 2.45) is 0 Å². The fourth-order valence-electron chi connectivity index (χ4n) is 4.16. The Morgan fingerprint density at radius 3 is 2.68 bits per heavy atom. The molecule has 1 saturated heterocycles. The average Bonchev–Trinajstić information content (AvgIpc) is 3.52. The Labute approximate surface area is 212 Å². The van der Waals surface area contributed by atoms with Crippen LogP contribution in [0.3, 0.4) is 0 Å². The molecule has 1 aliphatic heterocycles. The second kappa shape index (κ2) is 8.97. The molecule has 6 N–H and O–H groups in total.